The summed E-state index contributed by atoms with van der Waals surface area (Å²) in [6.45, 7) is -0.394. The van der Waals surface area contributed by atoms with Crippen molar-refractivity contribution in [3.63, 3.8) is 0 Å². The van der Waals surface area contributed by atoms with Gasteiger partial charge in [0.05, 0.1) is 18.3 Å². The lowest BCUT2D eigenvalue weighted by molar-refractivity contribution is -0.193. The van der Waals surface area contributed by atoms with E-state index in [1.165, 1.54) is 17.0 Å². The van der Waals surface area contributed by atoms with E-state index in [0.29, 0.717) is 49.7 Å². The molecule has 13 nitrogen and oxygen atoms in total. The van der Waals surface area contributed by atoms with Crippen molar-refractivity contribution in [1.29, 1.82) is 0 Å². The van der Waals surface area contributed by atoms with Gasteiger partial charge in [0.1, 0.15) is 35.0 Å². The zero-order valence-corrected chi connectivity index (χ0v) is 29.6. The Hall–Kier alpha value is -4.22. The molecule has 3 N–H and O–H groups in total. The second kappa shape index (κ2) is 13.6. The maximum atomic E-state index is 14.4. The van der Waals surface area contributed by atoms with Gasteiger partial charge in [-0.3, -0.25) is 28.8 Å². The minimum atomic E-state index is -4.83. The first kappa shape index (κ1) is 37.1. The highest BCUT2D eigenvalue weighted by atomic mass is 32.2. The van der Waals surface area contributed by atoms with Gasteiger partial charge in [0.2, 0.25) is 27.7 Å². The van der Waals surface area contributed by atoms with Crippen LogP contribution in [0.1, 0.15) is 81.8 Å². The molecule has 3 aliphatic heterocycles. The maximum Gasteiger partial charge on any atom is 0.410 e. The molecule has 6 aliphatic rings. The van der Waals surface area contributed by atoms with Crippen molar-refractivity contribution >= 4 is 39.7 Å². The van der Waals surface area contributed by atoms with Crippen LogP contribution in [-0.2, 0) is 47.0 Å². The van der Waals surface area contributed by atoms with Crippen molar-refractivity contribution in [2.75, 3.05) is 6.54 Å². The largest absolute Gasteiger partial charge is 0.444 e. The second-order valence-corrected chi connectivity index (χ2v) is 17.1. The van der Waals surface area contributed by atoms with E-state index < -0.39 is 105 Å². The number of rotatable bonds is 6. The van der Waals surface area contributed by atoms with Gasteiger partial charge in [0.15, 0.2) is 0 Å². The van der Waals surface area contributed by atoms with E-state index in [1.54, 1.807) is 12.1 Å². The minimum absolute atomic E-state index is 0.0247. The number of alkyl halides is 3. The second-order valence-electron chi connectivity index (χ2n) is 15.1. The Morgan fingerprint density at radius 3 is 2.43 bits per heavy atom. The number of hydrogen-bond donors (Lipinski definition) is 3. The van der Waals surface area contributed by atoms with Gasteiger partial charge in [-0.15, -0.1) is 0 Å². The number of ether oxygens (including phenoxy) is 1. The lowest BCUT2D eigenvalue weighted by Gasteiger charge is -2.31. The third-order valence-corrected chi connectivity index (χ3v) is 13.1. The average molecular weight is 768 g/mol. The SMILES string of the molecule is O=C1N[C@]2(C(=O)NS(=O)(=O)C3CC3)C[C@H]2C=CCCCCC[C@H](NC(=O)C2(C(F)(F)F)CC2)C(=O)N2C[C@H](OC(=O)N3Cc4cccc(F)c4C3)C[C@@H]12. The van der Waals surface area contributed by atoms with E-state index >= 15 is 0 Å². The van der Waals surface area contributed by atoms with E-state index in [2.05, 4.69) is 15.4 Å². The number of fused-ring (bicyclic) bond motifs is 3. The van der Waals surface area contributed by atoms with Crippen molar-refractivity contribution < 1.29 is 54.7 Å². The van der Waals surface area contributed by atoms with Crippen molar-refractivity contribution in [1.82, 2.24) is 25.2 Å². The molecule has 5 atom stereocenters. The number of allylic oxidation sites excluding steroid dienone is 1. The maximum absolute atomic E-state index is 14.4. The Morgan fingerprint density at radius 1 is 1.00 bits per heavy atom. The van der Waals surface area contributed by atoms with E-state index in [0.717, 1.165) is 4.90 Å². The summed E-state index contributed by atoms with van der Waals surface area (Å²) in [6.07, 6.45) is -1.47. The number of benzene rings is 1. The Kier molecular flexibility index (Phi) is 9.50. The van der Waals surface area contributed by atoms with E-state index in [1.807, 2.05) is 6.08 Å². The van der Waals surface area contributed by atoms with Gasteiger partial charge in [0, 0.05) is 24.4 Å². The van der Waals surface area contributed by atoms with Crippen molar-refractivity contribution in [2.45, 2.75) is 119 Å². The standard InChI is InChI=1S/C35H41F4N5O8S/c36-25-9-6-7-20-17-43(19-24(20)25)32(49)52-22-15-27-28(45)41-34(31(48)42-53(50,51)23-11-12-23)16-21(34)8-4-2-1-3-5-10-26(29(46)44(27)18-22)40-30(47)33(13-14-33)35(37,38)39/h4,6-9,21-23,26-27H,1-3,5,10-19H2,(H,40,47)(H,41,45)(H,42,48)/t21-,22-,26+,27+,34-/m1/s1. The summed E-state index contributed by atoms with van der Waals surface area (Å²) in [6, 6.07) is 1.59. The van der Waals surface area contributed by atoms with Crippen molar-refractivity contribution in [2.24, 2.45) is 11.3 Å². The van der Waals surface area contributed by atoms with Gasteiger partial charge in [-0.1, -0.05) is 37.1 Å². The molecule has 0 aromatic heterocycles. The fourth-order valence-electron chi connectivity index (χ4n) is 7.64. The zero-order valence-electron chi connectivity index (χ0n) is 28.8. The molecule has 0 spiro atoms. The zero-order chi connectivity index (χ0) is 37.9. The van der Waals surface area contributed by atoms with Crippen LogP contribution < -0.4 is 15.4 Å². The van der Waals surface area contributed by atoms with E-state index in [4.69, 9.17) is 4.74 Å². The van der Waals surface area contributed by atoms with Crippen LogP contribution in [0.3, 0.4) is 0 Å². The molecule has 0 unspecified atom stereocenters. The van der Waals surface area contributed by atoms with Gasteiger partial charge < -0.3 is 20.3 Å². The Bertz CT molecular complexity index is 1850. The lowest BCUT2D eigenvalue weighted by atomic mass is 10.0. The monoisotopic (exact) mass is 767 g/mol. The molecule has 3 saturated carbocycles. The number of hydrogen-bond acceptors (Lipinski definition) is 8. The molecule has 3 aliphatic carbocycles. The van der Waals surface area contributed by atoms with Crippen LogP contribution in [0, 0.1) is 17.2 Å². The fourth-order valence-corrected chi connectivity index (χ4v) is 9.00. The van der Waals surface area contributed by atoms with Gasteiger partial charge in [-0.2, -0.15) is 13.2 Å². The first-order chi connectivity index (χ1) is 25.0. The smallest absolute Gasteiger partial charge is 0.410 e. The molecule has 1 aromatic rings. The molecule has 0 radical (unpaired) electrons. The minimum Gasteiger partial charge on any atom is -0.444 e. The molecule has 4 fully saturated rings. The summed E-state index contributed by atoms with van der Waals surface area (Å²) in [7, 11) is -3.99. The highest BCUT2D eigenvalue weighted by Gasteiger charge is 2.69. The Balaban J connectivity index is 1.15. The highest BCUT2D eigenvalue weighted by Crippen LogP contribution is 2.57. The van der Waals surface area contributed by atoms with E-state index in [-0.39, 0.29) is 38.9 Å². The number of sulfonamides is 1. The van der Waals surface area contributed by atoms with Crippen LogP contribution >= 0.6 is 0 Å². The molecular formula is C35H41F4N5O8S. The van der Waals surface area contributed by atoms with Crippen LogP contribution in [0.2, 0.25) is 0 Å². The van der Waals surface area contributed by atoms with Crippen LogP contribution in [0.15, 0.2) is 30.4 Å². The van der Waals surface area contributed by atoms with Crippen LogP contribution in [-0.4, -0.2) is 89.6 Å². The first-order valence-electron chi connectivity index (χ1n) is 18.0. The highest BCUT2D eigenvalue weighted by molar-refractivity contribution is 7.91. The first-order valence-corrected chi connectivity index (χ1v) is 19.5. The molecule has 288 valence electrons. The quantitative estimate of drug-likeness (QED) is 0.293. The molecule has 1 aromatic carbocycles. The van der Waals surface area contributed by atoms with Crippen molar-refractivity contribution in [3.05, 3.63) is 47.3 Å². The summed E-state index contributed by atoms with van der Waals surface area (Å²) in [4.78, 5) is 70.7. The Labute approximate surface area is 303 Å². The fraction of sp³-hybridized carbons (Fsp3) is 0.629. The summed E-state index contributed by atoms with van der Waals surface area (Å²) in [5, 5.41) is 4.28. The molecule has 5 amide bonds. The van der Waals surface area contributed by atoms with Gasteiger partial charge in [0.25, 0.3) is 5.91 Å². The van der Waals surface area contributed by atoms with Gasteiger partial charge in [-0.25, -0.2) is 17.6 Å². The number of carbonyl (C=O) groups is 5. The summed E-state index contributed by atoms with van der Waals surface area (Å²) >= 11 is 0. The predicted octanol–water partition coefficient (Wildman–Crippen LogP) is 3.08. The molecular weight excluding hydrogens is 726 g/mol. The molecule has 53 heavy (non-hydrogen) atoms. The number of halogens is 4. The van der Waals surface area contributed by atoms with Crippen LogP contribution in [0.25, 0.3) is 0 Å². The summed E-state index contributed by atoms with van der Waals surface area (Å²) < 4.78 is 89.4. The van der Waals surface area contributed by atoms with Crippen LogP contribution in [0.5, 0.6) is 0 Å². The average Bonchev–Trinajstić information content (AvgIpc) is 4.03. The number of nitrogens with zero attached hydrogens (tertiary/aromatic N) is 2. The molecule has 1 saturated heterocycles. The predicted molar refractivity (Wildman–Crippen MR) is 177 cm³/mol. The third kappa shape index (κ3) is 7.22. The van der Waals surface area contributed by atoms with Crippen LogP contribution in [0.4, 0.5) is 22.4 Å². The molecule has 7 rings (SSSR count). The normalized spacial score (nSPS) is 29.8. The topological polar surface area (TPSA) is 171 Å². The van der Waals surface area contributed by atoms with Crippen molar-refractivity contribution in [3.8, 4) is 0 Å². The molecule has 0 bridgehead atoms. The molecule has 3 heterocycles. The summed E-state index contributed by atoms with van der Waals surface area (Å²) in [5.41, 5.74) is -3.36. The lowest BCUT2D eigenvalue weighted by Crippen LogP contribution is -2.59. The summed E-state index contributed by atoms with van der Waals surface area (Å²) in [5.74, 6) is -5.04. The Morgan fingerprint density at radius 2 is 1.75 bits per heavy atom. The molecule has 18 heteroatoms. The number of carbonyl (C=O) groups excluding carboxylic acids is 5. The van der Waals surface area contributed by atoms with Gasteiger partial charge in [-0.05, 0) is 63.0 Å². The van der Waals surface area contributed by atoms with E-state index in [9.17, 15) is 50.0 Å². The third-order valence-electron chi connectivity index (χ3n) is 11.3. The van der Waals surface area contributed by atoms with Gasteiger partial charge >= 0.3 is 12.3 Å². The number of nitrogens with one attached hydrogen (secondary N) is 3. The number of amides is 5.